The second-order valence-electron chi connectivity index (χ2n) is 7.19. The molecule has 0 spiro atoms. The molecular formula is C20H25ClN4O4. The number of carbonyl (C=O) groups excluding carboxylic acids is 3. The minimum absolute atomic E-state index is 0.217. The summed E-state index contributed by atoms with van der Waals surface area (Å²) in [6.45, 7) is 1.44. The number of nitrogens with one attached hydrogen (secondary N) is 2. The number of hydrogen-bond acceptors (Lipinski definition) is 5. The van der Waals surface area contributed by atoms with E-state index < -0.39 is 35.6 Å². The van der Waals surface area contributed by atoms with Crippen molar-refractivity contribution in [3.05, 3.63) is 34.9 Å². The van der Waals surface area contributed by atoms with Gasteiger partial charge in [-0.15, -0.1) is 0 Å². The Morgan fingerprint density at radius 3 is 2.41 bits per heavy atom. The molecule has 0 aliphatic heterocycles. The first kappa shape index (κ1) is 22.5. The summed E-state index contributed by atoms with van der Waals surface area (Å²) in [7, 11) is 0. The molecule has 0 bridgehead atoms. The second-order valence-corrected chi connectivity index (χ2v) is 7.63. The molecule has 0 unspecified atom stereocenters. The molecule has 1 aliphatic rings. The van der Waals surface area contributed by atoms with Crippen LogP contribution in [0.5, 0.6) is 0 Å². The number of halogens is 1. The lowest BCUT2D eigenvalue weighted by Gasteiger charge is -2.32. The van der Waals surface area contributed by atoms with Crippen LogP contribution in [-0.2, 0) is 14.3 Å². The van der Waals surface area contributed by atoms with Gasteiger partial charge >= 0.3 is 12.0 Å². The Labute approximate surface area is 174 Å². The molecule has 3 amide bonds. The molecule has 0 aromatic heterocycles. The van der Waals surface area contributed by atoms with Gasteiger partial charge in [0, 0.05) is 5.02 Å². The highest BCUT2D eigenvalue weighted by Gasteiger charge is 2.35. The van der Waals surface area contributed by atoms with Gasteiger partial charge in [-0.1, -0.05) is 43.0 Å². The Morgan fingerprint density at radius 1 is 1.24 bits per heavy atom. The molecule has 1 aliphatic carbocycles. The van der Waals surface area contributed by atoms with Crippen LogP contribution in [0.3, 0.4) is 0 Å². The van der Waals surface area contributed by atoms with Crippen molar-refractivity contribution in [2.45, 2.75) is 63.1 Å². The highest BCUT2D eigenvalue weighted by atomic mass is 35.5. The highest BCUT2D eigenvalue weighted by molar-refractivity contribution is 6.30. The Kier molecular flexibility index (Phi) is 7.85. The lowest BCUT2D eigenvalue weighted by atomic mass is 9.83. The molecule has 9 heteroatoms. The highest BCUT2D eigenvalue weighted by Crippen LogP contribution is 2.27. The molecule has 1 fully saturated rings. The van der Waals surface area contributed by atoms with Crippen molar-refractivity contribution in [3.8, 4) is 6.07 Å². The Hall–Kier alpha value is -2.79. The molecular weight excluding hydrogens is 396 g/mol. The van der Waals surface area contributed by atoms with Crippen molar-refractivity contribution < 1.29 is 19.1 Å². The second kappa shape index (κ2) is 10.1. The molecule has 4 N–H and O–H groups in total. The summed E-state index contributed by atoms with van der Waals surface area (Å²) >= 11 is 5.86. The summed E-state index contributed by atoms with van der Waals surface area (Å²) in [4.78, 5) is 36.1. The molecule has 1 saturated carbocycles. The smallest absolute Gasteiger partial charge is 0.312 e. The maximum atomic E-state index is 12.4. The normalized spacial score (nSPS) is 17.3. The van der Waals surface area contributed by atoms with E-state index in [1.165, 1.54) is 6.92 Å². The maximum Gasteiger partial charge on any atom is 0.312 e. The van der Waals surface area contributed by atoms with Gasteiger partial charge in [-0.05, 0) is 37.5 Å². The summed E-state index contributed by atoms with van der Waals surface area (Å²) in [5.41, 5.74) is 4.91. The minimum atomic E-state index is -1.07. The molecule has 0 radical (unpaired) electrons. The number of nitrogens with zero attached hydrogens (tertiary/aromatic N) is 1. The van der Waals surface area contributed by atoms with Crippen molar-refractivity contribution in [2.75, 3.05) is 0 Å². The monoisotopic (exact) mass is 420 g/mol. The summed E-state index contributed by atoms with van der Waals surface area (Å²) in [6, 6.07) is 7.24. The Morgan fingerprint density at radius 2 is 1.86 bits per heavy atom. The van der Waals surface area contributed by atoms with Crippen LogP contribution in [0.4, 0.5) is 4.79 Å². The first-order valence-electron chi connectivity index (χ1n) is 9.49. The number of benzene rings is 1. The fourth-order valence-corrected chi connectivity index (χ4v) is 3.47. The molecule has 1 aromatic carbocycles. The van der Waals surface area contributed by atoms with Crippen molar-refractivity contribution in [3.63, 3.8) is 0 Å². The van der Waals surface area contributed by atoms with Gasteiger partial charge in [0.15, 0.2) is 6.10 Å². The van der Waals surface area contributed by atoms with Crippen LogP contribution < -0.4 is 16.4 Å². The number of primary amides is 1. The number of carbonyl (C=O) groups is 3. The van der Waals surface area contributed by atoms with Gasteiger partial charge in [0.1, 0.15) is 5.54 Å². The lowest BCUT2D eigenvalue weighted by molar-refractivity contribution is -0.155. The van der Waals surface area contributed by atoms with Gasteiger partial charge in [0.05, 0.1) is 18.5 Å². The number of ether oxygens (including phenoxy) is 1. The van der Waals surface area contributed by atoms with E-state index in [1.54, 1.807) is 24.3 Å². The van der Waals surface area contributed by atoms with Crippen molar-refractivity contribution in [2.24, 2.45) is 5.73 Å². The van der Waals surface area contributed by atoms with E-state index in [4.69, 9.17) is 22.1 Å². The number of amides is 3. The van der Waals surface area contributed by atoms with E-state index in [0.717, 1.165) is 19.3 Å². The van der Waals surface area contributed by atoms with Crippen LogP contribution in [0, 0.1) is 11.3 Å². The van der Waals surface area contributed by atoms with Crippen LogP contribution in [0.2, 0.25) is 5.02 Å². The lowest BCUT2D eigenvalue weighted by Crippen LogP contribution is -2.52. The SMILES string of the molecule is C[C@H](OC(=O)C[C@@H](NC(N)=O)c1ccc(Cl)cc1)C(=O)NC1(C#N)CCCCC1. The van der Waals surface area contributed by atoms with E-state index in [1.807, 2.05) is 0 Å². The van der Waals surface area contributed by atoms with Gasteiger partial charge in [0.25, 0.3) is 5.91 Å². The van der Waals surface area contributed by atoms with Crippen LogP contribution in [0.25, 0.3) is 0 Å². The molecule has 2 atom stereocenters. The quantitative estimate of drug-likeness (QED) is 0.583. The molecule has 0 heterocycles. The van der Waals surface area contributed by atoms with Crippen molar-refractivity contribution >= 4 is 29.5 Å². The van der Waals surface area contributed by atoms with Crippen molar-refractivity contribution in [1.82, 2.24) is 10.6 Å². The zero-order valence-electron chi connectivity index (χ0n) is 16.2. The fraction of sp³-hybridized carbons (Fsp3) is 0.500. The van der Waals surface area contributed by atoms with Crippen molar-refractivity contribution in [1.29, 1.82) is 5.26 Å². The first-order valence-corrected chi connectivity index (χ1v) is 9.87. The topological polar surface area (TPSA) is 134 Å². The number of hydrogen-bond donors (Lipinski definition) is 3. The zero-order chi connectivity index (χ0) is 21.4. The summed E-state index contributed by atoms with van der Waals surface area (Å²) < 4.78 is 5.22. The van der Waals surface area contributed by atoms with Gasteiger partial charge in [0.2, 0.25) is 0 Å². The average molecular weight is 421 g/mol. The van der Waals surface area contributed by atoms with Gasteiger partial charge in [-0.25, -0.2) is 4.79 Å². The van der Waals surface area contributed by atoms with Crippen LogP contribution in [0.1, 0.15) is 57.1 Å². The minimum Gasteiger partial charge on any atom is -0.452 e. The van der Waals surface area contributed by atoms with Gasteiger partial charge < -0.3 is 21.1 Å². The predicted molar refractivity (Wildman–Crippen MR) is 107 cm³/mol. The molecule has 2 rings (SSSR count). The fourth-order valence-electron chi connectivity index (χ4n) is 3.34. The molecule has 8 nitrogen and oxygen atoms in total. The number of urea groups is 1. The molecule has 1 aromatic rings. The third kappa shape index (κ3) is 6.64. The third-order valence-corrected chi connectivity index (χ3v) is 5.17. The standard InChI is InChI=1S/C20H25ClN4O4/c1-13(18(27)25-20(12-22)9-3-2-4-10-20)29-17(26)11-16(24-19(23)28)14-5-7-15(21)8-6-14/h5-8,13,16H,2-4,9-11H2,1H3,(H,25,27)(H3,23,24,28)/t13-,16+/m0/s1. The van der Waals surface area contributed by atoms with E-state index in [9.17, 15) is 19.6 Å². The number of esters is 1. The van der Waals surface area contributed by atoms with Crippen LogP contribution in [0.15, 0.2) is 24.3 Å². The van der Waals surface area contributed by atoms with E-state index in [2.05, 4.69) is 16.7 Å². The van der Waals surface area contributed by atoms with E-state index >= 15 is 0 Å². The molecule has 29 heavy (non-hydrogen) atoms. The Bertz CT molecular complexity index is 785. The maximum absolute atomic E-state index is 12.4. The molecule has 0 saturated heterocycles. The third-order valence-electron chi connectivity index (χ3n) is 4.92. The summed E-state index contributed by atoms with van der Waals surface area (Å²) in [5.74, 6) is -1.20. The van der Waals surface area contributed by atoms with E-state index in [0.29, 0.717) is 23.4 Å². The van der Waals surface area contributed by atoms with Crippen LogP contribution in [-0.4, -0.2) is 29.6 Å². The summed E-state index contributed by atoms with van der Waals surface area (Å²) in [5, 5.41) is 15.2. The first-order chi connectivity index (χ1) is 13.7. The largest absolute Gasteiger partial charge is 0.452 e. The van der Waals surface area contributed by atoms with Gasteiger partial charge in [-0.2, -0.15) is 5.26 Å². The van der Waals surface area contributed by atoms with E-state index in [-0.39, 0.29) is 6.42 Å². The molecule has 156 valence electrons. The predicted octanol–water partition coefficient (Wildman–Crippen LogP) is 2.71. The zero-order valence-corrected chi connectivity index (χ0v) is 17.0. The van der Waals surface area contributed by atoms with Crippen LogP contribution >= 0.6 is 11.6 Å². The number of nitriles is 1. The average Bonchev–Trinajstić information content (AvgIpc) is 2.68. The summed E-state index contributed by atoms with van der Waals surface area (Å²) in [6.07, 6.45) is 2.63. The number of nitrogens with two attached hydrogens (primary N) is 1. The Balaban J connectivity index is 1.97. The number of rotatable bonds is 7. The van der Waals surface area contributed by atoms with Gasteiger partial charge in [-0.3, -0.25) is 9.59 Å².